The molecule has 3 rings (SSSR count). The van der Waals surface area contributed by atoms with Gasteiger partial charge in [-0.2, -0.15) is 38.1 Å². The summed E-state index contributed by atoms with van der Waals surface area (Å²) in [7, 11) is 0. The van der Waals surface area contributed by atoms with E-state index in [1.54, 1.807) is 0 Å². The lowest BCUT2D eigenvalue weighted by Gasteiger charge is -2.39. The molecule has 0 bridgehead atoms. The van der Waals surface area contributed by atoms with Crippen LogP contribution in [0.25, 0.3) is 10.9 Å². The van der Waals surface area contributed by atoms with Gasteiger partial charge in [0.15, 0.2) is 0 Å². The number of nitrogens with zero attached hydrogens (tertiary/aromatic N) is 1. The van der Waals surface area contributed by atoms with Crippen LogP contribution in [0.1, 0.15) is 12.0 Å². The van der Waals surface area contributed by atoms with Gasteiger partial charge in [0.25, 0.3) is 0 Å². The fraction of sp³-hybridized carbons (Fsp3) is 0.471. The normalized spacial score (nSPS) is 17.5. The predicted octanol–water partition coefficient (Wildman–Crippen LogP) is 4.43. The quantitative estimate of drug-likeness (QED) is 0.735. The van der Waals surface area contributed by atoms with Crippen LogP contribution in [0, 0.1) is 0 Å². The highest BCUT2D eigenvalue weighted by Gasteiger charge is 2.39. The Morgan fingerprint density at radius 2 is 1.93 bits per heavy atom. The van der Waals surface area contributed by atoms with E-state index in [-0.39, 0.29) is 28.9 Å². The zero-order chi connectivity index (χ0) is 20.7. The molecule has 0 unspecified atom stereocenters. The van der Waals surface area contributed by atoms with E-state index in [1.165, 1.54) is 11.8 Å². The number of aromatic amines is 1. The van der Waals surface area contributed by atoms with Gasteiger partial charge in [-0.1, -0.05) is 0 Å². The van der Waals surface area contributed by atoms with Gasteiger partial charge in [0.2, 0.25) is 5.56 Å². The van der Waals surface area contributed by atoms with Gasteiger partial charge >= 0.3 is 12.4 Å². The van der Waals surface area contributed by atoms with Crippen molar-refractivity contribution in [1.82, 2.24) is 4.98 Å². The number of alkyl halides is 6. The van der Waals surface area contributed by atoms with Crippen molar-refractivity contribution in [3.05, 3.63) is 34.1 Å². The number of hydrogen-bond acceptors (Lipinski definition) is 4. The minimum absolute atomic E-state index is 0.00660. The monoisotopic (exact) mass is 426 g/mol. The minimum atomic E-state index is -4.83. The summed E-state index contributed by atoms with van der Waals surface area (Å²) in [5.74, 6) is 0.582. The smallest absolute Gasteiger partial charge is 0.417 e. The molecule has 1 N–H and O–H groups in total. The summed E-state index contributed by atoms with van der Waals surface area (Å²) in [5, 5.41) is -0.382. The molecule has 28 heavy (non-hydrogen) atoms. The van der Waals surface area contributed by atoms with Crippen molar-refractivity contribution in [1.29, 1.82) is 0 Å². The van der Waals surface area contributed by atoms with E-state index in [0.717, 1.165) is 17.0 Å². The van der Waals surface area contributed by atoms with Crippen LogP contribution in [0.5, 0.6) is 5.75 Å². The number of ether oxygens (including phenoxy) is 1. The second kappa shape index (κ2) is 7.41. The van der Waals surface area contributed by atoms with Crippen LogP contribution < -0.4 is 15.2 Å². The first-order chi connectivity index (χ1) is 13.0. The van der Waals surface area contributed by atoms with Gasteiger partial charge < -0.3 is 14.6 Å². The number of benzene rings is 1. The first-order valence-electron chi connectivity index (χ1n) is 8.23. The van der Waals surface area contributed by atoms with E-state index in [4.69, 9.17) is 4.74 Å². The van der Waals surface area contributed by atoms with Crippen molar-refractivity contribution in [2.75, 3.05) is 30.1 Å². The molecular weight excluding hydrogens is 410 g/mol. The maximum atomic E-state index is 13.4. The lowest BCUT2D eigenvalue weighted by molar-refractivity contribution is -0.136. The Bertz CT molecular complexity index is 925. The molecule has 0 radical (unpaired) electrons. The first kappa shape index (κ1) is 20.7. The molecule has 2 aromatic rings. The average Bonchev–Trinajstić information content (AvgIpc) is 2.57. The fourth-order valence-electron chi connectivity index (χ4n) is 3.22. The van der Waals surface area contributed by atoms with Crippen molar-refractivity contribution < 1.29 is 31.1 Å². The summed E-state index contributed by atoms with van der Waals surface area (Å²) in [4.78, 5) is 14.9. The number of anilines is 1. The number of hydrogen-bond donors (Lipinski definition) is 1. The second-order valence-electron chi connectivity index (χ2n) is 6.40. The molecule has 1 aromatic carbocycles. The number of fused-ring (bicyclic) bond motifs is 2. The van der Waals surface area contributed by atoms with Crippen LogP contribution in [0.4, 0.5) is 32.0 Å². The molecule has 4 nitrogen and oxygen atoms in total. The second-order valence-corrected chi connectivity index (χ2v) is 7.39. The predicted molar refractivity (Wildman–Crippen MR) is 95.3 cm³/mol. The maximum absolute atomic E-state index is 13.4. The Labute approximate surface area is 159 Å². The van der Waals surface area contributed by atoms with E-state index in [9.17, 15) is 31.1 Å². The number of nitrogens with one attached hydrogen (secondary N) is 1. The topological polar surface area (TPSA) is 45.3 Å². The van der Waals surface area contributed by atoms with Crippen LogP contribution in [-0.2, 0) is 6.18 Å². The zero-order valence-corrected chi connectivity index (χ0v) is 15.4. The molecule has 1 aromatic heterocycles. The van der Waals surface area contributed by atoms with Crippen molar-refractivity contribution in [3.8, 4) is 5.75 Å². The lowest BCUT2D eigenvalue weighted by Crippen LogP contribution is -2.48. The van der Waals surface area contributed by atoms with Gasteiger partial charge in [-0.25, -0.2) is 0 Å². The lowest BCUT2D eigenvalue weighted by atomic mass is 10.0. The molecule has 1 aliphatic heterocycles. The largest absolute Gasteiger partial charge is 0.489 e. The summed E-state index contributed by atoms with van der Waals surface area (Å²) >= 11 is 1.45. The molecule has 1 atom stereocenters. The van der Waals surface area contributed by atoms with Crippen LogP contribution in [-0.4, -0.2) is 42.4 Å². The van der Waals surface area contributed by atoms with Crippen LogP contribution in [0.3, 0.4) is 0 Å². The van der Waals surface area contributed by atoms with Crippen LogP contribution >= 0.6 is 11.8 Å². The third-order valence-electron chi connectivity index (χ3n) is 4.41. The van der Waals surface area contributed by atoms with Gasteiger partial charge in [0.1, 0.15) is 18.9 Å². The van der Waals surface area contributed by atoms with Crippen LogP contribution in [0.2, 0.25) is 0 Å². The van der Waals surface area contributed by atoms with Crippen molar-refractivity contribution in [2.45, 2.75) is 24.8 Å². The molecule has 0 amide bonds. The SMILES string of the molecule is CSCC[C@@H]1COc2cc3[nH]c(=O)cc(C(F)(F)F)c3cc2N1CC(F)(F)F. The molecule has 2 heterocycles. The standard InChI is InChI=1S/C17H16F6N2O2S/c1-28-3-2-9-7-27-14-6-12-10(4-13(14)25(9)8-16(18,19)20)11(17(21,22)23)5-15(26)24-12/h4-6,9H,2-3,7-8H2,1H3,(H,24,26)/t9-/m1/s1. The highest BCUT2D eigenvalue weighted by molar-refractivity contribution is 7.98. The number of thioether (sulfide) groups is 1. The molecule has 0 saturated carbocycles. The molecule has 1 aliphatic rings. The minimum Gasteiger partial charge on any atom is -0.489 e. The number of aromatic nitrogens is 1. The molecular formula is C17H16F6N2O2S. The summed E-state index contributed by atoms with van der Waals surface area (Å²) < 4.78 is 85.1. The van der Waals surface area contributed by atoms with Gasteiger partial charge in [0.05, 0.1) is 22.8 Å². The molecule has 154 valence electrons. The highest BCUT2D eigenvalue weighted by atomic mass is 32.2. The Morgan fingerprint density at radius 3 is 2.54 bits per heavy atom. The Morgan fingerprint density at radius 1 is 1.21 bits per heavy atom. The summed E-state index contributed by atoms with van der Waals surface area (Å²) in [6.07, 6.45) is -7.18. The highest BCUT2D eigenvalue weighted by Crippen LogP contribution is 2.42. The Balaban J connectivity index is 2.18. The van der Waals surface area contributed by atoms with Gasteiger partial charge in [-0.3, -0.25) is 4.79 Å². The summed E-state index contributed by atoms with van der Waals surface area (Å²) in [6.45, 7) is -1.34. The van der Waals surface area contributed by atoms with Crippen molar-refractivity contribution in [2.24, 2.45) is 0 Å². The van der Waals surface area contributed by atoms with E-state index in [1.807, 2.05) is 6.26 Å². The van der Waals surface area contributed by atoms with Crippen LogP contribution in [0.15, 0.2) is 23.0 Å². The zero-order valence-electron chi connectivity index (χ0n) is 14.6. The average molecular weight is 426 g/mol. The van der Waals surface area contributed by atoms with Crippen molar-refractivity contribution in [3.63, 3.8) is 0 Å². The number of H-pyrrole nitrogens is 1. The first-order valence-corrected chi connectivity index (χ1v) is 9.62. The van der Waals surface area contributed by atoms with Gasteiger partial charge in [0, 0.05) is 17.5 Å². The third-order valence-corrected chi connectivity index (χ3v) is 5.06. The Hall–Kier alpha value is -2.04. The van der Waals surface area contributed by atoms with E-state index >= 15 is 0 Å². The van der Waals surface area contributed by atoms with Crippen molar-refractivity contribution >= 4 is 28.4 Å². The fourth-order valence-corrected chi connectivity index (χ4v) is 3.73. The molecule has 0 saturated heterocycles. The number of pyridine rings is 1. The number of rotatable bonds is 4. The van der Waals surface area contributed by atoms with E-state index < -0.39 is 36.1 Å². The summed E-state index contributed by atoms with van der Waals surface area (Å²) in [6, 6.07) is 1.93. The van der Waals surface area contributed by atoms with E-state index in [2.05, 4.69) is 4.98 Å². The third kappa shape index (κ3) is 4.34. The maximum Gasteiger partial charge on any atom is 0.417 e. The number of halogens is 6. The molecule has 0 spiro atoms. The Kier molecular flexibility index (Phi) is 5.48. The molecule has 0 aliphatic carbocycles. The van der Waals surface area contributed by atoms with Gasteiger partial charge in [-0.15, -0.1) is 0 Å². The molecule has 0 fully saturated rings. The van der Waals surface area contributed by atoms with Gasteiger partial charge in [-0.05, 0) is 24.5 Å². The molecule has 11 heteroatoms. The van der Waals surface area contributed by atoms with E-state index in [0.29, 0.717) is 18.2 Å². The summed E-state index contributed by atoms with van der Waals surface area (Å²) in [5.41, 5.74) is -2.37.